The molecule has 2 fully saturated rings. The molecule has 2 aliphatic rings. The molecule has 2 aliphatic heterocycles. The Labute approximate surface area is 617 Å². The summed E-state index contributed by atoms with van der Waals surface area (Å²) in [6.45, 7) is 7.07. The van der Waals surface area contributed by atoms with Crippen molar-refractivity contribution in [3.8, 4) is 0 Å². The molecule has 0 unspecified atom stereocenters. The molecule has 0 spiro atoms. The number of allylic oxidation sites excluding steroid dienone is 8. The largest absolute Gasteiger partial charge is 0.423 e. The first-order chi connectivity index (χ1) is 49.5. The Kier molecular flexibility index (Phi) is 56.0. The summed E-state index contributed by atoms with van der Waals surface area (Å²) in [5.74, 6) is -21.5. The lowest BCUT2D eigenvalue weighted by molar-refractivity contribution is -0.593. The second-order valence-corrected chi connectivity index (χ2v) is 29.1. The Morgan fingerprint density at radius 3 is 0.902 bits per heavy atom. The van der Waals surface area contributed by atoms with Crippen LogP contribution in [-0.4, -0.2) is 132 Å². The summed E-state index contributed by atoms with van der Waals surface area (Å²) in [5, 5.41) is 95.1. The number of carbonyl (C=O) groups is 4. The van der Waals surface area contributed by atoms with Crippen molar-refractivity contribution in [3.05, 3.63) is 48.6 Å². The number of ether oxygens (including phenoxy) is 7. The van der Waals surface area contributed by atoms with Crippen LogP contribution in [0.25, 0.3) is 0 Å². The van der Waals surface area contributed by atoms with Crippen molar-refractivity contribution in [2.24, 2.45) is 0 Å². The van der Waals surface area contributed by atoms with Crippen LogP contribution in [-0.2, 0) is 52.3 Å². The van der Waals surface area contributed by atoms with Crippen LogP contribution in [0.2, 0.25) is 0 Å². The zero-order valence-electron chi connectivity index (χ0n) is 64.5. The third kappa shape index (κ3) is 38.8. The number of carbonyl (C=O) groups excluding carboxylic acids is 4. The zero-order valence-corrected chi connectivity index (χ0v) is 64.5. The molecule has 2 heterocycles. The lowest BCUT2D eigenvalue weighted by Gasteiger charge is -2.60. The average molecular weight is 1450 g/mol. The van der Waals surface area contributed by atoms with Gasteiger partial charge < -0.3 is 64.5 Å². The Morgan fingerprint density at radius 2 is 0.598 bits per heavy atom. The molecule has 19 nitrogen and oxygen atoms in total. The van der Waals surface area contributed by atoms with Gasteiger partial charge in [-0.05, 0) is 128 Å². The first-order valence-electron chi connectivity index (χ1n) is 41.4. The maximum atomic E-state index is 14.8. The molecule has 19 heteroatoms. The lowest BCUT2D eigenvalue weighted by atomic mass is 9.83. The van der Waals surface area contributed by atoms with E-state index in [4.69, 9.17) is 33.2 Å². The van der Waals surface area contributed by atoms with Crippen molar-refractivity contribution in [1.82, 2.24) is 0 Å². The lowest BCUT2D eigenvalue weighted by Crippen LogP contribution is -2.89. The maximum Gasteiger partial charge on any atom is 0.358 e. The monoisotopic (exact) mass is 1450 g/mol. The minimum Gasteiger partial charge on any atom is -0.423 e. The highest BCUT2D eigenvalue weighted by Crippen LogP contribution is 2.55. The molecule has 0 saturated carbocycles. The van der Waals surface area contributed by atoms with Crippen LogP contribution in [0.5, 0.6) is 0 Å². The van der Waals surface area contributed by atoms with E-state index in [0.29, 0.717) is 44.9 Å². The second kappa shape index (κ2) is 60.4. The quantitative estimate of drug-likeness (QED) is 0.00923. The molecule has 0 aromatic heterocycles. The van der Waals surface area contributed by atoms with E-state index in [9.17, 15) is 60.0 Å². The molecule has 2 saturated heterocycles. The van der Waals surface area contributed by atoms with E-state index in [0.717, 1.165) is 135 Å². The third-order valence-electron chi connectivity index (χ3n) is 19.7. The van der Waals surface area contributed by atoms with E-state index in [-0.39, 0.29) is 25.7 Å². The van der Waals surface area contributed by atoms with Crippen molar-refractivity contribution < 1.29 is 93.2 Å². The Balaban J connectivity index is 2.60. The molecule has 0 amide bonds. The van der Waals surface area contributed by atoms with Crippen molar-refractivity contribution >= 4 is 23.9 Å². The summed E-state index contributed by atoms with van der Waals surface area (Å²) in [7, 11) is 0. The number of hydrogen-bond acceptors (Lipinski definition) is 19. The maximum absolute atomic E-state index is 14.8. The van der Waals surface area contributed by atoms with Gasteiger partial charge in [0.15, 0.2) is 12.6 Å². The highest BCUT2D eigenvalue weighted by molar-refractivity contribution is 5.73. The van der Waals surface area contributed by atoms with Gasteiger partial charge in [0.25, 0.3) is 0 Å². The smallest absolute Gasteiger partial charge is 0.358 e. The summed E-state index contributed by atoms with van der Waals surface area (Å²) in [6.07, 6.45) is 49.9. The highest BCUT2D eigenvalue weighted by atomic mass is 16.9. The van der Waals surface area contributed by atoms with Crippen LogP contribution < -0.4 is 0 Å². The van der Waals surface area contributed by atoms with Crippen LogP contribution in [0.3, 0.4) is 0 Å². The van der Waals surface area contributed by atoms with Gasteiger partial charge in [0.2, 0.25) is 6.29 Å². The van der Waals surface area contributed by atoms with Crippen LogP contribution in [0.4, 0.5) is 0 Å². The average Bonchev–Trinajstić information content (AvgIpc) is 0.677. The number of rotatable bonds is 67. The number of esters is 4. The Hall–Kier alpha value is -3.60. The van der Waals surface area contributed by atoms with Gasteiger partial charge in [-0.2, -0.15) is 0 Å². The van der Waals surface area contributed by atoms with E-state index in [1.165, 1.54) is 128 Å². The normalized spacial score (nSPS) is 23.9. The molecule has 594 valence electrons. The standard InChI is InChI=1S/C83H148O19/c1-5-9-13-17-21-25-29-33-37-41-45-49-53-57-61-65-70(85)97-80(69-84)83(101-78-76(91)74(89)75(90)77(92)96-78,100-73(88)68-64-60-56-52-48-44-40-36-32-28-24-20-16-12-8-4)82(95,99-72(87)67-63-59-55-51-47-43-39-35-31-27-23-19-15-11-7-3)81(94,79(93)102-80)98-71(86)66-62-58-54-50-46-42-38-34-30-26-22-18-14-10-6-2/h33-40,74-79,84,89-95H,5-32,41-69H2,1-4H3/b37-33-,38-34-,39-35-,40-36-/t74-,75-,76+,77-,78+,79+,80-,81+,82-,83-/m0/s1. The van der Waals surface area contributed by atoms with Crippen molar-refractivity contribution in [2.45, 2.75) is 448 Å². The second-order valence-electron chi connectivity index (χ2n) is 29.1. The van der Waals surface area contributed by atoms with Crippen molar-refractivity contribution in [1.29, 1.82) is 0 Å². The number of unbranched alkanes of at least 4 members (excludes halogenated alkanes) is 44. The van der Waals surface area contributed by atoms with Crippen LogP contribution >= 0.6 is 0 Å². The Bertz CT molecular complexity index is 2210. The van der Waals surface area contributed by atoms with Gasteiger partial charge in [-0.3, -0.25) is 28.7 Å². The molecule has 2 rings (SSSR count). The van der Waals surface area contributed by atoms with Gasteiger partial charge in [0, 0.05) is 25.7 Å². The molecule has 10 atom stereocenters. The molecule has 0 bridgehead atoms. The van der Waals surface area contributed by atoms with Gasteiger partial charge in [-0.25, -0.2) is 0 Å². The number of hydrogen-bond donors (Lipinski definition) is 8. The van der Waals surface area contributed by atoms with Gasteiger partial charge in [0.1, 0.15) is 24.9 Å². The van der Waals surface area contributed by atoms with Crippen LogP contribution in [0, 0.1) is 0 Å². The first kappa shape index (κ1) is 94.5. The fourth-order valence-electron chi connectivity index (χ4n) is 13.2. The predicted molar refractivity (Wildman–Crippen MR) is 402 cm³/mol. The molecular weight excluding hydrogens is 1300 g/mol. The first-order valence-corrected chi connectivity index (χ1v) is 41.4. The predicted octanol–water partition coefficient (Wildman–Crippen LogP) is 18.2. The molecule has 0 aliphatic carbocycles. The fourth-order valence-corrected chi connectivity index (χ4v) is 13.2. The fraction of sp³-hybridized carbons (Fsp3) is 0.855. The topological polar surface area (TPSA) is 295 Å². The molecule has 0 aromatic rings. The van der Waals surface area contributed by atoms with Gasteiger partial charge in [-0.1, -0.05) is 282 Å². The van der Waals surface area contributed by atoms with Crippen molar-refractivity contribution in [3.63, 3.8) is 0 Å². The number of aliphatic hydroxyl groups is 8. The van der Waals surface area contributed by atoms with E-state index in [2.05, 4.69) is 76.3 Å². The molecular formula is C83H148O19. The summed E-state index contributed by atoms with van der Waals surface area (Å²) in [5.41, 5.74) is 0. The Morgan fingerprint density at radius 1 is 0.333 bits per heavy atom. The van der Waals surface area contributed by atoms with Gasteiger partial charge in [0.05, 0.1) is 0 Å². The van der Waals surface area contributed by atoms with E-state index < -0.39 is 116 Å². The zero-order chi connectivity index (χ0) is 74.7. The molecule has 0 radical (unpaired) electrons. The summed E-state index contributed by atoms with van der Waals surface area (Å²) in [6, 6.07) is 0. The highest BCUT2D eigenvalue weighted by Gasteiger charge is 2.89. The van der Waals surface area contributed by atoms with Gasteiger partial charge in [-0.15, -0.1) is 0 Å². The minimum atomic E-state index is -4.38. The molecule has 8 N–H and O–H groups in total. The molecule has 102 heavy (non-hydrogen) atoms. The van der Waals surface area contributed by atoms with E-state index in [1.54, 1.807) is 0 Å². The summed E-state index contributed by atoms with van der Waals surface area (Å²) < 4.78 is 41.0. The number of aliphatic hydroxyl groups excluding tert-OH is 6. The van der Waals surface area contributed by atoms with E-state index >= 15 is 0 Å². The van der Waals surface area contributed by atoms with Gasteiger partial charge >= 0.3 is 47.0 Å². The SMILES string of the molecule is CCCCCCCC/C=C\CCCCCCCC(=O)O[C@@]1(CO)O[C@@H](O)[C@@](O)(OC(=O)CCCCCCC/C=C\CCCCCCCC)[C@](O)(OC(=O)CCCCCCC/C=C\CCCCCCCC)[C@@]1(OC(=O)CCCCCCC/C=C\CCCCCCCC)O[C@H]1O[C@H](O)[C@@H](O)[C@H](O)[C@H]1O. The summed E-state index contributed by atoms with van der Waals surface area (Å²) >= 11 is 0. The van der Waals surface area contributed by atoms with Crippen molar-refractivity contribution in [2.75, 3.05) is 6.61 Å². The van der Waals surface area contributed by atoms with Crippen LogP contribution in [0.1, 0.15) is 387 Å². The third-order valence-corrected chi connectivity index (χ3v) is 19.7. The van der Waals surface area contributed by atoms with E-state index in [1.807, 2.05) is 0 Å². The minimum absolute atomic E-state index is 0.114. The van der Waals surface area contributed by atoms with Crippen LogP contribution in [0.15, 0.2) is 48.6 Å². The molecule has 0 aromatic carbocycles. The summed E-state index contributed by atoms with van der Waals surface area (Å²) in [4.78, 5) is 58.1.